The minimum absolute atomic E-state index is 0.0344. The van der Waals surface area contributed by atoms with E-state index in [2.05, 4.69) is 10.7 Å². The van der Waals surface area contributed by atoms with E-state index in [9.17, 15) is 18.0 Å². The van der Waals surface area contributed by atoms with Crippen molar-refractivity contribution < 1.29 is 22.7 Å². The SMILES string of the molecule is COC(=O)C#Cc1ccc(Cl)c(C(F)(F)F)c1. The van der Waals surface area contributed by atoms with E-state index < -0.39 is 22.7 Å². The van der Waals surface area contributed by atoms with Gasteiger partial charge in [0.15, 0.2) is 0 Å². The Morgan fingerprint density at radius 2 is 2.06 bits per heavy atom. The molecule has 0 aliphatic carbocycles. The number of esters is 1. The van der Waals surface area contributed by atoms with Crippen LogP contribution in [0.3, 0.4) is 0 Å². The number of ether oxygens (including phenoxy) is 1. The molecule has 0 heterocycles. The number of halogens is 4. The fraction of sp³-hybridized carbons (Fsp3) is 0.182. The Labute approximate surface area is 100 Å². The summed E-state index contributed by atoms with van der Waals surface area (Å²) in [6.07, 6.45) is -4.56. The molecule has 2 nitrogen and oxygen atoms in total. The molecule has 0 aromatic heterocycles. The highest BCUT2D eigenvalue weighted by Gasteiger charge is 2.33. The van der Waals surface area contributed by atoms with Crippen molar-refractivity contribution in [3.05, 3.63) is 34.3 Å². The predicted molar refractivity (Wildman–Crippen MR) is 55.3 cm³/mol. The number of hydrogen-bond acceptors (Lipinski definition) is 2. The second-order valence-electron chi connectivity index (χ2n) is 2.93. The number of rotatable bonds is 0. The molecule has 0 unspecified atom stereocenters. The second kappa shape index (κ2) is 5.11. The smallest absolute Gasteiger partial charge is 0.417 e. The Balaban J connectivity index is 3.12. The summed E-state index contributed by atoms with van der Waals surface area (Å²) in [6, 6.07) is 3.14. The Kier molecular flexibility index (Phi) is 4.02. The van der Waals surface area contributed by atoms with Crippen LogP contribution in [0.2, 0.25) is 5.02 Å². The van der Waals surface area contributed by atoms with Crippen LogP contribution in [0, 0.1) is 11.8 Å². The van der Waals surface area contributed by atoms with E-state index in [1.165, 1.54) is 6.07 Å². The lowest BCUT2D eigenvalue weighted by atomic mass is 10.1. The van der Waals surface area contributed by atoms with Gasteiger partial charge in [-0.15, -0.1) is 0 Å². The van der Waals surface area contributed by atoms with Crippen molar-refractivity contribution in [3.63, 3.8) is 0 Å². The van der Waals surface area contributed by atoms with Crippen molar-refractivity contribution in [2.45, 2.75) is 6.18 Å². The summed E-state index contributed by atoms with van der Waals surface area (Å²) in [4.78, 5) is 10.7. The van der Waals surface area contributed by atoms with Gasteiger partial charge in [-0.05, 0) is 18.2 Å². The zero-order valence-corrected chi connectivity index (χ0v) is 9.32. The summed E-state index contributed by atoms with van der Waals surface area (Å²) in [5.41, 5.74) is -0.956. The summed E-state index contributed by atoms with van der Waals surface area (Å²) in [5, 5.41) is -0.416. The number of carbonyl (C=O) groups is 1. The first-order valence-electron chi connectivity index (χ1n) is 4.31. The summed E-state index contributed by atoms with van der Waals surface area (Å²) < 4.78 is 41.6. The first-order valence-corrected chi connectivity index (χ1v) is 4.69. The summed E-state index contributed by atoms with van der Waals surface area (Å²) >= 11 is 5.41. The van der Waals surface area contributed by atoms with Gasteiger partial charge in [-0.1, -0.05) is 17.5 Å². The van der Waals surface area contributed by atoms with Gasteiger partial charge in [0.05, 0.1) is 17.7 Å². The quantitative estimate of drug-likeness (QED) is 0.531. The van der Waals surface area contributed by atoms with Crippen LogP contribution in [0.15, 0.2) is 18.2 Å². The maximum atomic E-state index is 12.5. The molecule has 0 N–H and O–H groups in total. The normalized spacial score (nSPS) is 10.4. The summed E-state index contributed by atoms with van der Waals surface area (Å²) in [7, 11) is 1.13. The van der Waals surface area contributed by atoms with Crippen LogP contribution in [0.5, 0.6) is 0 Å². The summed E-state index contributed by atoms with van der Waals surface area (Å²) in [5.74, 6) is 3.45. The maximum Gasteiger partial charge on any atom is 0.417 e. The minimum Gasteiger partial charge on any atom is -0.459 e. The van der Waals surface area contributed by atoms with Crippen LogP contribution >= 0.6 is 11.6 Å². The Hall–Kier alpha value is -1.67. The molecular formula is C11H6ClF3O2. The van der Waals surface area contributed by atoms with Crippen LogP contribution in [0.1, 0.15) is 11.1 Å². The molecule has 1 rings (SSSR count). The molecule has 90 valence electrons. The minimum atomic E-state index is -4.56. The standard InChI is InChI=1S/C11H6ClF3O2/c1-17-10(16)5-3-7-2-4-9(12)8(6-7)11(13,14)15/h2,4,6H,1H3. The molecule has 0 saturated heterocycles. The third-order valence-corrected chi connectivity index (χ3v) is 2.10. The van der Waals surface area contributed by atoms with Crippen molar-refractivity contribution in [1.82, 2.24) is 0 Å². The number of carbonyl (C=O) groups excluding carboxylic acids is 1. The highest BCUT2D eigenvalue weighted by atomic mass is 35.5. The average molecular weight is 263 g/mol. The lowest BCUT2D eigenvalue weighted by Crippen LogP contribution is -2.06. The van der Waals surface area contributed by atoms with Gasteiger partial charge in [0.2, 0.25) is 0 Å². The number of hydrogen-bond donors (Lipinski definition) is 0. The second-order valence-corrected chi connectivity index (χ2v) is 3.34. The van der Waals surface area contributed by atoms with Crippen LogP contribution in [-0.4, -0.2) is 13.1 Å². The van der Waals surface area contributed by atoms with Crippen LogP contribution < -0.4 is 0 Å². The molecule has 0 atom stereocenters. The lowest BCUT2D eigenvalue weighted by molar-refractivity contribution is -0.137. The van der Waals surface area contributed by atoms with Crippen molar-refractivity contribution in [2.75, 3.05) is 7.11 Å². The zero-order valence-electron chi connectivity index (χ0n) is 8.56. The highest BCUT2D eigenvalue weighted by molar-refractivity contribution is 6.31. The predicted octanol–water partition coefficient (Wildman–Crippen LogP) is 2.88. The van der Waals surface area contributed by atoms with E-state index in [0.717, 1.165) is 19.2 Å². The van der Waals surface area contributed by atoms with E-state index in [0.29, 0.717) is 0 Å². The average Bonchev–Trinajstić information content (AvgIpc) is 2.26. The third-order valence-electron chi connectivity index (χ3n) is 1.77. The van der Waals surface area contributed by atoms with Gasteiger partial charge in [-0.2, -0.15) is 13.2 Å². The van der Waals surface area contributed by atoms with Crippen molar-refractivity contribution in [3.8, 4) is 11.8 Å². The highest BCUT2D eigenvalue weighted by Crippen LogP contribution is 2.34. The Morgan fingerprint density at radius 1 is 1.41 bits per heavy atom. The Bertz CT molecular complexity index is 498. The molecule has 0 radical (unpaired) electrons. The first kappa shape index (κ1) is 13.4. The molecule has 17 heavy (non-hydrogen) atoms. The van der Waals surface area contributed by atoms with Crippen LogP contribution in [-0.2, 0) is 15.7 Å². The molecule has 1 aromatic carbocycles. The number of alkyl halides is 3. The molecule has 0 aliphatic rings. The molecule has 0 spiro atoms. The molecular weight excluding hydrogens is 257 g/mol. The fourth-order valence-corrected chi connectivity index (χ4v) is 1.22. The van der Waals surface area contributed by atoms with Crippen molar-refractivity contribution >= 4 is 17.6 Å². The van der Waals surface area contributed by atoms with E-state index >= 15 is 0 Å². The van der Waals surface area contributed by atoms with E-state index in [-0.39, 0.29) is 5.56 Å². The summed E-state index contributed by atoms with van der Waals surface area (Å²) in [6.45, 7) is 0. The van der Waals surface area contributed by atoms with Gasteiger partial charge in [-0.25, -0.2) is 4.79 Å². The molecule has 0 amide bonds. The fourth-order valence-electron chi connectivity index (χ4n) is 0.994. The molecule has 0 aliphatic heterocycles. The van der Waals surface area contributed by atoms with Crippen molar-refractivity contribution in [1.29, 1.82) is 0 Å². The monoisotopic (exact) mass is 262 g/mol. The van der Waals surface area contributed by atoms with E-state index in [1.54, 1.807) is 0 Å². The molecule has 0 fully saturated rings. The van der Waals surface area contributed by atoms with Gasteiger partial charge in [0.1, 0.15) is 0 Å². The lowest BCUT2D eigenvalue weighted by Gasteiger charge is -2.08. The molecule has 6 heteroatoms. The van der Waals surface area contributed by atoms with Gasteiger partial charge in [-0.3, -0.25) is 0 Å². The zero-order chi connectivity index (χ0) is 13.1. The maximum absolute atomic E-state index is 12.5. The first-order chi connectivity index (χ1) is 7.84. The molecule has 0 saturated carbocycles. The van der Waals surface area contributed by atoms with Gasteiger partial charge in [0.25, 0.3) is 0 Å². The Morgan fingerprint density at radius 3 is 2.59 bits per heavy atom. The largest absolute Gasteiger partial charge is 0.459 e. The van der Waals surface area contributed by atoms with Gasteiger partial charge < -0.3 is 4.74 Å². The third kappa shape index (κ3) is 3.68. The van der Waals surface area contributed by atoms with E-state index in [4.69, 9.17) is 11.6 Å². The number of benzene rings is 1. The number of methoxy groups -OCH3 is 1. The molecule has 0 bridgehead atoms. The van der Waals surface area contributed by atoms with Gasteiger partial charge in [0, 0.05) is 11.5 Å². The van der Waals surface area contributed by atoms with E-state index in [1.807, 2.05) is 5.92 Å². The van der Waals surface area contributed by atoms with Crippen LogP contribution in [0.25, 0.3) is 0 Å². The topological polar surface area (TPSA) is 26.3 Å². The van der Waals surface area contributed by atoms with Crippen LogP contribution in [0.4, 0.5) is 13.2 Å². The molecule has 1 aromatic rings. The van der Waals surface area contributed by atoms with Crippen molar-refractivity contribution in [2.24, 2.45) is 0 Å². The van der Waals surface area contributed by atoms with Gasteiger partial charge >= 0.3 is 12.1 Å².